The van der Waals surface area contributed by atoms with Gasteiger partial charge in [-0.05, 0) is 32.4 Å². The van der Waals surface area contributed by atoms with E-state index in [1.165, 1.54) is 6.07 Å². The average molecular weight is 278 g/mol. The summed E-state index contributed by atoms with van der Waals surface area (Å²) in [6.45, 7) is 7.20. The van der Waals surface area contributed by atoms with Gasteiger partial charge in [0.05, 0.1) is 0 Å². The fourth-order valence-electron chi connectivity index (χ4n) is 2.61. The number of rotatable bonds is 4. The van der Waals surface area contributed by atoms with Crippen molar-refractivity contribution in [1.82, 2.24) is 14.9 Å². The van der Waals surface area contributed by atoms with Crippen LogP contribution in [0.3, 0.4) is 0 Å². The van der Waals surface area contributed by atoms with Gasteiger partial charge in [0.25, 0.3) is 0 Å². The molecule has 1 N–H and O–H groups in total. The molecule has 1 fully saturated rings. The maximum Gasteiger partial charge on any atom is 0.354 e. The van der Waals surface area contributed by atoms with E-state index in [9.17, 15) is 4.79 Å². The minimum Gasteiger partial charge on any atom is -0.477 e. The number of carbonyl (C=O) groups is 1. The summed E-state index contributed by atoms with van der Waals surface area (Å²) in [6, 6.07) is 1.88. The van der Waals surface area contributed by atoms with Gasteiger partial charge in [0.2, 0.25) is 5.95 Å². The molecular formula is C14H22N4O2. The number of aromatic carboxylic acids is 1. The Kier molecular flexibility index (Phi) is 4.54. The zero-order valence-electron chi connectivity index (χ0n) is 12.3. The second-order valence-electron chi connectivity index (χ2n) is 5.28. The molecule has 6 heteroatoms. The van der Waals surface area contributed by atoms with Crippen LogP contribution in [0.25, 0.3) is 0 Å². The molecule has 0 saturated carbocycles. The number of aryl methyl sites for hydroxylation is 1. The first-order valence-corrected chi connectivity index (χ1v) is 7.05. The lowest BCUT2D eigenvalue weighted by atomic mass is 10.0. The molecule has 2 rings (SSSR count). The largest absolute Gasteiger partial charge is 0.477 e. The van der Waals surface area contributed by atoms with E-state index in [0.29, 0.717) is 17.7 Å². The van der Waals surface area contributed by atoms with E-state index >= 15 is 0 Å². The number of carboxylic acids is 1. The highest BCUT2D eigenvalue weighted by Crippen LogP contribution is 2.19. The van der Waals surface area contributed by atoms with Crippen molar-refractivity contribution in [2.45, 2.75) is 32.7 Å². The van der Waals surface area contributed by atoms with E-state index in [0.717, 1.165) is 32.5 Å². The van der Waals surface area contributed by atoms with Crippen molar-refractivity contribution in [1.29, 1.82) is 0 Å². The zero-order valence-corrected chi connectivity index (χ0v) is 12.3. The standard InChI is InChI=1S/C14H22N4O2/c1-4-18-7-5-11(6-8-18)17(3)14-15-10(2)9-12(16-14)13(19)20/h9,11H,4-8H2,1-3H3,(H,19,20). The zero-order chi connectivity index (χ0) is 14.7. The van der Waals surface area contributed by atoms with E-state index in [1.54, 1.807) is 6.92 Å². The van der Waals surface area contributed by atoms with Crippen molar-refractivity contribution in [3.8, 4) is 0 Å². The molecule has 1 aliphatic rings. The number of hydrogen-bond acceptors (Lipinski definition) is 5. The highest BCUT2D eigenvalue weighted by molar-refractivity contribution is 5.85. The number of likely N-dealkylation sites (tertiary alicyclic amines) is 1. The molecular weight excluding hydrogens is 256 g/mol. The Morgan fingerprint density at radius 1 is 1.45 bits per heavy atom. The summed E-state index contributed by atoms with van der Waals surface area (Å²) in [5, 5.41) is 9.08. The van der Waals surface area contributed by atoms with E-state index in [4.69, 9.17) is 5.11 Å². The summed E-state index contributed by atoms with van der Waals surface area (Å²) in [5.41, 5.74) is 0.746. The van der Waals surface area contributed by atoms with Crippen LogP contribution in [0.1, 0.15) is 35.9 Å². The van der Waals surface area contributed by atoms with Crippen molar-refractivity contribution in [3.63, 3.8) is 0 Å². The molecule has 0 unspecified atom stereocenters. The number of aromatic nitrogens is 2. The van der Waals surface area contributed by atoms with Crippen LogP contribution >= 0.6 is 0 Å². The van der Waals surface area contributed by atoms with Gasteiger partial charge in [-0.1, -0.05) is 6.92 Å². The van der Waals surface area contributed by atoms with Gasteiger partial charge in [-0.25, -0.2) is 14.8 Å². The predicted octanol–water partition coefficient (Wildman–Crippen LogP) is 1.40. The van der Waals surface area contributed by atoms with E-state index < -0.39 is 5.97 Å². The summed E-state index contributed by atoms with van der Waals surface area (Å²) in [4.78, 5) is 24.0. The number of hydrogen-bond donors (Lipinski definition) is 1. The highest BCUT2D eigenvalue weighted by atomic mass is 16.4. The fourth-order valence-corrected chi connectivity index (χ4v) is 2.61. The average Bonchev–Trinajstić information content (AvgIpc) is 2.46. The minimum absolute atomic E-state index is 0.0605. The van der Waals surface area contributed by atoms with E-state index in [1.807, 2.05) is 11.9 Å². The fraction of sp³-hybridized carbons (Fsp3) is 0.643. The quantitative estimate of drug-likeness (QED) is 0.898. The van der Waals surface area contributed by atoms with Crippen LogP contribution in [-0.4, -0.2) is 58.7 Å². The molecule has 0 bridgehead atoms. The lowest BCUT2D eigenvalue weighted by Crippen LogP contribution is -2.44. The number of anilines is 1. The minimum atomic E-state index is -1.01. The maximum atomic E-state index is 11.1. The van der Waals surface area contributed by atoms with Crippen molar-refractivity contribution in [2.24, 2.45) is 0 Å². The van der Waals surface area contributed by atoms with Gasteiger partial charge in [-0.15, -0.1) is 0 Å². The lowest BCUT2D eigenvalue weighted by molar-refractivity contribution is 0.0690. The van der Waals surface area contributed by atoms with Crippen LogP contribution < -0.4 is 4.90 Å². The Balaban J connectivity index is 2.13. The van der Waals surface area contributed by atoms with Gasteiger partial charge < -0.3 is 14.9 Å². The van der Waals surface area contributed by atoms with Gasteiger partial charge >= 0.3 is 5.97 Å². The molecule has 0 radical (unpaired) electrons. The summed E-state index contributed by atoms with van der Waals surface area (Å²) in [6.07, 6.45) is 2.12. The van der Waals surface area contributed by atoms with Crippen LogP contribution in [0.2, 0.25) is 0 Å². The lowest BCUT2D eigenvalue weighted by Gasteiger charge is -2.36. The second kappa shape index (κ2) is 6.17. The first kappa shape index (κ1) is 14.7. The summed E-state index contributed by atoms with van der Waals surface area (Å²) < 4.78 is 0. The summed E-state index contributed by atoms with van der Waals surface area (Å²) in [7, 11) is 1.95. The molecule has 6 nitrogen and oxygen atoms in total. The molecule has 0 atom stereocenters. The van der Waals surface area contributed by atoms with Crippen LogP contribution in [-0.2, 0) is 0 Å². The number of carboxylic acid groups (broad SMARTS) is 1. The summed E-state index contributed by atoms with van der Waals surface area (Å²) in [5.74, 6) is -0.497. The molecule has 0 aliphatic carbocycles. The Labute approximate surface area is 119 Å². The Morgan fingerprint density at radius 2 is 2.10 bits per heavy atom. The van der Waals surface area contributed by atoms with Crippen LogP contribution in [0.4, 0.5) is 5.95 Å². The first-order chi connectivity index (χ1) is 9.51. The monoisotopic (exact) mass is 278 g/mol. The van der Waals surface area contributed by atoms with Crippen molar-refractivity contribution in [2.75, 3.05) is 31.6 Å². The molecule has 20 heavy (non-hydrogen) atoms. The number of piperidine rings is 1. The SMILES string of the molecule is CCN1CCC(N(C)c2nc(C)cc(C(=O)O)n2)CC1. The molecule has 1 saturated heterocycles. The number of nitrogens with zero attached hydrogens (tertiary/aromatic N) is 4. The maximum absolute atomic E-state index is 11.1. The molecule has 1 aliphatic heterocycles. The smallest absolute Gasteiger partial charge is 0.354 e. The Morgan fingerprint density at radius 3 is 2.65 bits per heavy atom. The van der Waals surface area contributed by atoms with E-state index in [-0.39, 0.29) is 5.69 Å². The topological polar surface area (TPSA) is 69.6 Å². The second-order valence-corrected chi connectivity index (χ2v) is 5.28. The van der Waals surface area contributed by atoms with Crippen molar-refractivity contribution >= 4 is 11.9 Å². The Bertz CT molecular complexity index is 484. The van der Waals surface area contributed by atoms with Crippen LogP contribution in [0.5, 0.6) is 0 Å². The molecule has 1 aromatic rings. The molecule has 0 aromatic carbocycles. The van der Waals surface area contributed by atoms with Crippen molar-refractivity contribution < 1.29 is 9.90 Å². The molecule has 0 spiro atoms. The third-order valence-electron chi connectivity index (χ3n) is 3.93. The molecule has 1 aromatic heterocycles. The van der Waals surface area contributed by atoms with Gasteiger partial charge in [0.15, 0.2) is 5.69 Å². The predicted molar refractivity (Wildman–Crippen MR) is 77.3 cm³/mol. The van der Waals surface area contributed by atoms with Crippen LogP contribution in [0.15, 0.2) is 6.07 Å². The summed E-state index contributed by atoms with van der Waals surface area (Å²) >= 11 is 0. The molecule has 2 heterocycles. The van der Waals surface area contributed by atoms with Gasteiger partial charge in [0, 0.05) is 31.9 Å². The van der Waals surface area contributed by atoms with Gasteiger partial charge in [-0.2, -0.15) is 0 Å². The molecule has 110 valence electrons. The Hall–Kier alpha value is -1.69. The third kappa shape index (κ3) is 3.25. The third-order valence-corrected chi connectivity index (χ3v) is 3.93. The first-order valence-electron chi connectivity index (χ1n) is 7.05. The normalized spacial score (nSPS) is 17.1. The highest BCUT2D eigenvalue weighted by Gasteiger charge is 2.24. The molecule has 0 amide bonds. The van der Waals surface area contributed by atoms with E-state index in [2.05, 4.69) is 21.8 Å². The van der Waals surface area contributed by atoms with Gasteiger partial charge in [0.1, 0.15) is 0 Å². The van der Waals surface area contributed by atoms with Crippen LogP contribution in [0, 0.1) is 6.92 Å². The van der Waals surface area contributed by atoms with Crippen molar-refractivity contribution in [3.05, 3.63) is 17.5 Å². The van der Waals surface area contributed by atoms with Gasteiger partial charge in [-0.3, -0.25) is 0 Å².